The molecule has 0 bridgehead atoms. The van der Waals surface area contributed by atoms with E-state index in [0.29, 0.717) is 32.0 Å². The number of morpholine rings is 1. The van der Waals surface area contributed by atoms with Crippen LogP contribution in [0.3, 0.4) is 0 Å². The highest BCUT2D eigenvalue weighted by Gasteiger charge is 2.45. The number of anilines is 1. The van der Waals surface area contributed by atoms with Crippen molar-refractivity contribution in [2.75, 3.05) is 38.2 Å². The number of carbonyl (C=O) groups excluding carboxylic acids is 3. The maximum atomic E-state index is 12.5. The van der Waals surface area contributed by atoms with Gasteiger partial charge >= 0.3 is 0 Å². The molecule has 1 atom stereocenters. The average molecular weight is 349 g/mol. The number of fused-ring (bicyclic) bond motifs is 1. The van der Waals surface area contributed by atoms with E-state index < -0.39 is 10.7 Å². The lowest BCUT2D eigenvalue weighted by Crippen LogP contribution is -2.54. The Morgan fingerprint density at radius 1 is 1.33 bits per heavy atom. The Bertz CT molecular complexity index is 675. The fourth-order valence-electron chi connectivity index (χ4n) is 2.57. The Labute approximate surface area is 144 Å². The van der Waals surface area contributed by atoms with Crippen molar-refractivity contribution in [3.63, 3.8) is 0 Å². The fourth-order valence-corrected chi connectivity index (χ4v) is 3.69. The van der Waals surface area contributed by atoms with Crippen molar-refractivity contribution in [1.82, 2.24) is 10.2 Å². The molecule has 1 aromatic carbocycles. The van der Waals surface area contributed by atoms with Crippen LogP contribution in [0.2, 0.25) is 0 Å². The van der Waals surface area contributed by atoms with Crippen molar-refractivity contribution < 1.29 is 19.1 Å². The lowest BCUT2D eigenvalue weighted by molar-refractivity contribution is -0.137. The molecule has 2 heterocycles. The molecule has 3 amide bonds. The number of hydrogen-bond acceptors (Lipinski definition) is 5. The molecule has 0 aromatic heterocycles. The van der Waals surface area contributed by atoms with E-state index in [2.05, 4.69) is 10.6 Å². The first-order valence-electron chi connectivity index (χ1n) is 7.74. The third-order valence-electron chi connectivity index (χ3n) is 4.08. The fraction of sp³-hybridized carbons (Fsp3) is 0.438. The van der Waals surface area contributed by atoms with Crippen molar-refractivity contribution in [2.24, 2.45) is 0 Å². The van der Waals surface area contributed by atoms with Crippen molar-refractivity contribution in [2.45, 2.75) is 16.6 Å². The summed E-state index contributed by atoms with van der Waals surface area (Å²) in [5.74, 6) is -1.03. The lowest BCUT2D eigenvalue weighted by Gasteiger charge is -2.32. The summed E-state index contributed by atoms with van der Waals surface area (Å²) >= 11 is 1.19. The normalized spacial score (nSPS) is 23.2. The van der Waals surface area contributed by atoms with Gasteiger partial charge < -0.3 is 20.3 Å². The number of nitrogens with zero attached hydrogens (tertiary/aromatic N) is 1. The zero-order valence-electron chi connectivity index (χ0n) is 13.3. The molecule has 1 saturated heterocycles. The number of carbonyl (C=O) groups is 3. The van der Waals surface area contributed by atoms with Crippen LogP contribution in [0.5, 0.6) is 0 Å². The van der Waals surface area contributed by atoms with Gasteiger partial charge in [0.25, 0.3) is 0 Å². The maximum absolute atomic E-state index is 12.5. The molecule has 24 heavy (non-hydrogen) atoms. The van der Waals surface area contributed by atoms with Gasteiger partial charge in [-0.15, -0.1) is 0 Å². The molecule has 0 radical (unpaired) electrons. The van der Waals surface area contributed by atoms with E-state index in [1.807, 2.05) is 18.2 Å². The van der Waals surface area contributed by atoms with Crippen LogP contribution in [0.1, 0.15) is 6.92 Å². The minimum absolute atomic E-state index is 0.121. The number of benzene rings is 1. The second kappa shape index (κ2) is 6.82. The molecule has 2 aliphatic heterocycles. The number of nitrogens with one attached hydrogen (secondary N) is 2. The van der Waals surface area contributed by atoms with Crippen LogP contribution in [0.15, 0.2) is 29.2 Å². The molecule has 1 fully saturated rings. The first kappa shape index (κ1) is 16.8. The maximum Gasteiger partial charge on any atom is 0.250 e. The molecule has 0 saturated carbocycles. The Morgan fingerprint density at radius 2 is 2.04 bits per heavy atom. The van der Waals surface area contributed by atoms with Gasteiger partial charge in [-0.05, 0) is 19.1 Å². The van der Waals surface area contributed by atoms with Crippen molar-refractivity contribution >= 4 is 35.2 Å². The smallest absolute Gasteiger partial charge is 0.250 e. The Kier molecular flexibility index (Phi) is 4.77. The number of thioether (sulfide) groups is 1. The molecule has 128 valence electrons. The molecule has 0 aliphatic carbocycles. The van der Waals surface area contributed by atoms with Crippen LogP contribution in [0, 0.1) is 0 Å². The second-order valence-electron chi connectivity index (χ2n) is 5.76. The lowest BCUT2D eigenvalue weighted by atomic mass is 10.1. The van der Waals surface area contributed by atoms with Gasteiger partial charge in [-0.25, -0.2) is 0 Å². The summed E-state index contributed by atoms with van der Waals surface area (Å²) in [7, 11) is 0. The van der Waals surface area contributed by atoms with Crippen LogP contribution in [0.4, 0.5) is 5.69 Å². The van der Waals surface area contributed by atoms with Crippen molar-refractivity contribution in [3.8, 4) is 0 Å². The number of ether oxygens (including phenoxy) is 1. The monoisotopic (exact) mass is 349 g/mol. The summed E-state index contributed by atoms with van der Waals surface area (Å²) in [5.41, 5.74) is 0.696. The number of amides is 3. The van der Waals surface area contributed by atoms with Crippen LogP contribution in [0.25, 0.3) is 0 Å². The molecule has 0 spiro atoms. The molecule has 7 nitrogen and oxygen atoms in total. The predicted molar refractivity (Wildman–Crippen MR) is 89.7 cm³/mol. The summed E-state index contributed by atoms with van der Waals surface area (Å²) in [5, 5.41) is 5.35. The summed E-state index contributed by atoms with van der Waals surface area (Å²) in [6, 6.07) is 7.32. The van der Waals surface area contributed by atoms with Gasteiger partial charge in [-0.2, -0.15) is 0 Å². The molecular weight excluding hydrogens is 330 g/mol. The molecule has 8 heteroatoms. The third kappa shape index (κ3) is 3.25. The highest BCUT2D eigenvalue weighted by molar-refractivity contribution is 8.02. The number of rotatable bonds is 3. The van der Waals surface area contributed by atoms with E-state index in [0.717, 1.165) is 4.90 Å². The Balaban J connectivity index is 1.63. The largest absolute Gasteiger partial charge is 0.378 e. The van der Waals surface area contributed by atoms with Crippen molar-refractivity contribution in [1.29, 1.82) is 0 Å². The van der Waals surface area contributed by atoms with Crippen LogP contribution in [-0.2, 0) is 19.1 Å². The van der Waals surface area contributed by atoms with Crippen LogP contribution < -0.4 is 10.6 Å². The molecule has 2 N–H and O–H groups in total. The first-order valence-corrected chi connectivity index (χ1v) is 8.55. The number of para-hydroxylation sites is 1. The van der Waals surface area contributed by atoms with Crippen molar-refractivity contribution in [3.05, 3.63) is 24.3 Å². The van der Waals surface area contributed by atoms with Gasteiger partial charge in [0, 0.05) is 18.0 Å². The zero-order valence-corrected chi connectivity index (χ0v) is 14.1. The first-order chi connectivity index (χ1) is 11.5. The summed E-state index contributed by atoms with van der Waals surface area (Å²) in [6.45, 7) is 3.50. The SMILES string of the molecule is C[C@]1(C(=O)NCC(=O)N2CCOCC2)Sc2ccccc2NC1=O. The molecule has 0 unspecified atom stereocenters. The predicted octanol–water partition coefficient (Wildman–Crippen LogP) is 0.464. The van der Waals surface area contributed by atoms with Crippen LogP contribution in [-0.4, -0.2) is 60.2 Å². The summed E-state index contributed by atoms with van der Waals surface area (Å²) in [4.78, 5) is 39.5. The van der Waals surface area contributed by atoms with E-state index in [-0.39, 0.29) is 18.4 Å². The Hall–Kier alpha value is -2.06. The van der Waals surface area contributed by atoms with Gasteiger partial charge in [-0.3, -0.25) is 14.4 Å². The minimum atomic E-state index is -1.31. The third-order valence-corrected chi connectivity index (χ3v) is 5.43. The quantitative estimate of drug-likeness (QED) is 0.775. The van der Waals surface area contributed by atoms with Gasteiger partial charge in [0.15, 0.2) is 4.75 Å². The molecule has 3 rings (SSSR count). The highest BCUT2D eigenvalue weighted by Crippen LogP contribution is 2.42. The van der Waals surface area contributed by atoms with Crippen LogP contribution >= 0.6 is 11.8 Å². The van der Waals surface area contributed by atoms with E-state index in [4.69, 9.17) is 4.74 Å². The molecule has 2 aliphatic rings. The second-order valence-corrected chi connectivity index (χ2v) is 7.22. The van der Waals surface area contributed by atoms with E-state index in [1.54, 1.807) is 17.9 Å². The summed E-state index contributed by atoms with van der Waals surface area (Å²) in [6.07, 6.45) is 0. The van der Waals surface area contributed by atoms with E-state index >= 15 is 0 Å². The van der Waals surface area contributed by atoms with Gasteiger partial charge in [-0.1, -0.05) is 23.9 Å². The zero-order chi connectivity index (χ0) is 17.2. The van der Waals surface area contributed by atoms with Gasteiger partial charge in [0.1, 0.15) is 0 Å². The van der Waals surface area contributed by atoms with E-state index in [9.17, 15) is 14.4 Å². The Morgan fingerprint density at radius 3 is 2.79 bits per heavy atom. The standard InChI is InChI=1S/C16H19N3O4S/c1-16(15(22)18-11-4-2-3-5-12(11)24-16)14(21)17-10-13(20)19-6-8-23-9-7-19/h2-5H,6-10H2,1H3,(H,17,21)(H,18,22)/t16-/m1/s1. The summed E-state index contributed by atoms with van der Waals surface area (Å²) < 4.78 is 3.89. The van der Waals surface area contributed by atoms with Gasteiger partial charge in [0.2, 0.25) is 17.7 Å². The minimum Gasteiger partial charge on any atom is -0.378 e. The molecule has 1 aromatic rings. The number of hydrogen-bond donors (Lipinski definition) is 2. The van der Waals surface area contributed by atoms with E-state index in [1.165, 1.54) is 11.8 Å². The topological polar surface area (TPSA) is 87.7 Å². The molecular formula is C16H19N3O4S. The highest BCUT2D eigenvalue weighted by atomic mass is 32.2. The average Bonchev–Trinajstić information content (AvgIpc) is 2.61. The van der Waals surface area contributed by atoms with Gasteiger partial charge in [0.05, 0.1) is 25.4 Å².